The van der Waals surface area contributed by atoms with E-state index in [2.05, 4.69) is 13.8 Å². The molecular weight excluding hydrogens is 359 g/mol. The van der Waals surface area contributed by atoms with Crippen LogP contribution in [-0.4, -0.2) is 18.8 Å². The lowest BCUT2D eigenvalue weighted by molar-refractivity contribution is -0.122. The highest BCUT2D eigenvalue weighted by molar-refractivity contribution is 7.48. The van der Waals surface area contributed by atoms with Gasteiger partial charge >= 0.3 is 7.82 Å². The highest BCUT2D eigenvalue weighted by Crippen LogP contribution is 2.63. The van der Waals surface area contributed by atoms with Gasteiger partial charge < -0.3 is 0 Å². The molecule has 158 valence electrons. The molecule has 0 atom stereocenters. The quantitative estimate of drug-likeness (QED) is 0.227. The lowest BCUT2D eigenvalue weighted by Gasteiger charge is -2.56. The fourth-order valence-corrected chi connectivity index (χ4v) is 7.46. The van der Waals surface area contributed by atoms with Gasteiger partial charge in [-0.2, -0.15) is 0 Å². The van der Waals surface area contributed by atoms with E-state index < -0.39 is 7.82 Å². The summed E-state index contributed by atoms with van der Waals surface area (Å²) >= 11 is 0. The molecule has 0 saturated heterocycles. The Hall–Kier alpha value is 0.110. The van der Waals surface area contributed by atoms with E-state index in [1.165, 1.54) is 44.9 Å². The van der Waals surface area contributed by atoms with Crippen molar-refractivity contribution in [1.82, 2.24) is 0 Å². The second-order valence-corrected chi connectivity index (χ2v) is 11.0. The van der Waals surface area contributed by atoms with Crippen LogP contribution in [-0.2, 0) is 18.1 Å². The van der Waals surface area contributed by atoms with Crippen LogP contribution < -0.4 is 0 Å². The van der Waals surface area contributed by atoms with Crippen molar-refractivity contribution in [2.45, 2.75) is 109 Å². The Labute approximate surface area is 166 Å². The molecule has 0 aromatic heterocycles. The van der Waals surface area contributed by atoms with E-state index in [-0.39, 0.29) is 5.60 Å². The molecule has 4 saturated carbocycles. The molecule has 0 amide bonds. The Morgan fingerprint density at radius 3 is 1.59 bits per heavy atom. The minimum atomic E-state index is -3.47. The maximum absolute atomic E-state index is 13.5. The monoisotopic (exact) mass is 400 g/mol. The smallest absolute Gasteiger partial charge is 0.287 e. The first-order valence-corrected chi connectivity index (χ1v) is 13.1. The molecule has 0 aromatic carbocycles. The SMILES string of the molecule is CCCCCCOP(=O)(OCCCCCC)OC12CC3CC(CC(C3)C1)C2. The molecule has 0 unspecified atom stereocenters. The first kappa shape index (κ1) is 21.8. The summed E-state index contributed by atoms with van der Waals surface area (Å²) in [5.41, 5.74) is -0.239. The van der Waals surface area contributed by atoms with Crippen LogP contribution in [0.15, 0.2) is 0 Å². The summed E-state index contributed by atoms with van der Waals surface area (Å²) in [6.07, 6.45) is 16.1. The zero-order chi connectivity index (χ0) is 19.2. The Balaban J connectivity index is 1.56. The third-order valence-corrected chi connectivity index (χ3v) is 8.39. The molecule has 4 bridgehead atoms. The van der Waals surface area contributed by atoms with Gasteiger partial charge in [-0.3, -0.25) is 13.6 Å². The first-order valence-electron chi connectivity index (χ1n) is 11.7. The summed E-state index contributed by atoms with van der Waals surface area (Å²) in [7, 11) is -3.47. The van der Waals surface area contributed by atoms with Crippen molar-refractivity contribution < 1.29 is 18.1 Å². The zero-order valence-electron chi connectivity index (χ0n) is 17.6. The van der Waals surface area contributed by atoms with Gasteiger partial charge in [-0.25, -0.2) is 4.57 Å². The minimum Gasteiger partial charge on any atom is -0.287 e. The van der Waals surface area contributed by atoms with Gasteiger partial charge in [0.05, 0.1) is 18.8 Å². The zero-order valence-corrected chi connectivity index (χ0v) is 18.5. The molecule has 0 heterocycles. The molecule has 27 heavy (non-hydrogen) atoms. The maximum atomic E-state index is 13.5. The molecule has 4 nitrogen and oxygen atoms in total. The van der Waals surface area contributed by atoms with Gasteiger partial charge in [-0.05, 0) is 69.1 Å². The molecule has 5 heteroatoms. The van der Waals surface area contributed by atoms with Crippen LogP contribution in [0.5, 0.6) is 0 Å². The molecule has 4 fully saturated rings. The van der Waals surface area contributed by atoms with Crippen LogP contribution in [0.1, 0.15) is 104 Å². The third-order valence-electron chi connectivity index (χ3n) is 6.78. The average molecular weight is 401 g/mol. The van der Waals surface area contributed by atoms with E-state index in [0.29, 0.717) is 13.2 Å². The van der Waals surface area contributed by atoms with Crippen molar-refractivity contribution in [1.29, 1.82) is 0 Å². The standard InChI is InChI=1S/C22H41O4P/c1-3-5-7-9-11-24-27(23,25-12-10-8-6-4-2)26-22-16-19-13-20(17-22)15-21(14-19)18-22/h19-21H,3-18H2,1-2H3. The van der Waals surface area contributed by atoms with E-state index in [1.807, 2.05) is 0 Å². The summed E-state index contributed by atoms with van der Waals surface area (Å²) in [4.78, 5) is 0. The largest absolute Gasteiger partial charge is 0.475 e. The molecule has 0 aromatic rings. The van der Waals surface area contributed by atoms with Crippen molar-refractivity contribution in [3.05, 3.63) is 0 Å². The van der Waals surface area contributed by atoms with E-state index in [9.17, 15) is 4.57 Å². The fraction of sp³-hybridized carbons (Fsp3) is 1.00. The number of hydrogen-bond donors (Lipinski definition) is 0. The molecule has 4 aliphatic carbocycles. The van der Waals surface area contributed by atoms with Crippen molar-refractivity contribution >= 4 is 7.82 Å². The molecule has 4 aliphatic rings. The molecule has 0 radical (unpaired) electrons. The Bertz CT molecular complexity index is 439. The van der Waals surface area contributed by atoms with Gasteiger partial charge in [0.25, 0.3) is 0 Å². The van der Waals surface area contributed by atoms with Gasteiger partial charge in [0.1, 0.15) is 0 Å². The van der Waals surface area contributed by atoms with Crippen molar-refractivity contribution in [2.24, 2.45) is 17.8 Å². The number of phosphoric acid groups is 1. The van der Waals surface area contributed by atoms with Crippen molar-refractivity contribution in [2.75, 3.05) is 13.2 Å². The summed E-state index contributed by atoms with van der Waals surface area (Å²) in [5, 5.41) is 0. The second kappa shape index (κ2) is 10.2. The molecule has 4 rings (SSSR count). The Kier molecular flexibility index (Phi) is 8.27. The molecule has 0 spiro atoms. The number of hydrogen-bond acceptors (Lipinski definition) is 4. The van der Waals surface area contributed by atoms with E-state index in [4.69, 9.17) is 13.6 Å². The summed E-state index contributed by atoms with van der Waals surface area (Å²) in [5.74, 6) is 2.29. The van der Waals surface area contributed by atoms with Crippen LogP contribution >= 0.6 is 7.82 Å². The van der Waals surface area contributed by atoms with Crippen LogP contribution in [0.25, 0.3) is 0 Å². The summed E-state index contributed by atoms with van der Waals surface area (Å²) in [6.45, 7) is 5.36. The molecular formula is C22H41O4P. The normalized spacial score (nSPS) is 32.3. The second-order valence-electron chi connectivity index (χ2n) is 9.43. The lowest BCUT2D eigenvalue weighted by Crippen LogP contribution is -2.51. The predicted octanol–water partition coefficient (Wildman–Crippen LogP) is 7.27. The van der Waals surface area contributed by atoms with Crippen LogP contribution in [0.2, 0.25) is 0 Å². The van der Waals surface area contributed by atoms with Crippen LogP contribution in [0.4, 0.5) is 0 Å². The topological polar surface area (TPSA) is 44.8 Å². The number of phosphoric ester groups is 1. The highest BCUT2D eigenvalue weighted by atomic mass is 31.2. The Morgan fingerprint density at radius 1 is 0.741 bits per heavy atom. The number of rotatable bonds is 14. The maximum Gasteiger partial charge on any atom is 0.475 e. The van der Waals surface area contributed by atoms with Crippen molar-refractivity contribution in [3.63, 3.8) is 0 Å². The predicted molar refractivity (Wildman–Crippen MR) is 110 cm³/mol. The number of unbranched alkanes of at least 4 members (excludes halogenated alkanes) is 6. The van der Waals surface area contributed by atoms with E-state index in [0.717, 1.165) is 62.7 Å². The Morgan fingerprint density at radius 2 is 1.19 bits per heavy atom. The lowest BCUT2D eigenvalue weighted by atomic mass is 9.54. The van der Waals surface area contributed by atoms with E-state index >= 15 is 0 Å². The minimum absolute atomic E-state index is 0.239. The third kappa shape index (κ3) is 6.29. The first-order chi connectivity index (χ1) is 13.1. The van der Waals surface area contributed by atoms with Gasteiger partial charge in [-0.1, -0.05) is 52.4 Å². The molecule has 0 aliphatic heterocycles. The molecule has 0 N–H and O–H groups in total. The van der Waals surface area contributed by atoms with Crippen molar-refractivity contribution in [3.8, 4) is 0 Å². The van der Waals surface area contributed by atoms with Gasteiger partial charge in [0.2, 0.25) is 0 Å². The average Bonchev–Trinajstić information content (AvgIpc) is 2.60. The van der Waals surface area contributed by atoms with E-state index in [1.54, 1.807) is 0 Å². The highest BCUT2D eigenvalue weighted by Gasteiger charge is 2.54. The summed E-state index contributed by atoms with van der Waals surface area (Å²) in [6, 6.07) is 0. The van der Waals surface area contributed by atoms with Gasteiger partial charge in [-0.15, -0.1) is 0 Å². The van der Waals surface area contributed by atoms with Crippen LogP contribution in [0.3, 0.4) is 0 Å². The fourth-order valence-electron chi connectivity index (χ4n) is 5.88. The van der Waals surface area contributed by atoms with Crippen LogP contribution in [0, 0.1) is 17.8 Å². The van der Waals surface area contributed by atoms with Gasteiger partial charge in [0, 0.05) is 0 Å². The van der Waals surface area contributed by atoms with Gasteiger partial charge in [0.15, 0.2) is 0 Å². The summed E-state index contributed by atoms with van der Waals surface area (Å²) < 4.78 is 31.5.